The molecule has 6 nitrogen and oxygen atoms in total. The molecule has 0 saturated heterocycles. The summed E-state index contributed by atoms with van der Waals surface area (Å²) in [5, 5.41) is -0.193. The minimum absolute atomic E-state index is 0.0503. The lowest BCUT2D eigenvalue weighted by molar-refractivity contribution is -0.139. The Kier molecular flexibility index (Phi) is 13.7. The van der Waals surface area contributed by atoms with Crippen LogP contribution in [0.1, 0.15) is 53.9 Å². The van der Waals surface area contributed by atoms with Crippen molar-refractivity contribution in [2.24, 2.45) is 0 Å². The summed E-state index contributed by atoms with van der Waals surface area (Å²) in [5.74, 6) is -0.653. The van der Waals surface area contributed by atoms with Crippen molar-refractivity contribution in [1.29, 1.82) is 0 Å². The van der Waals surface area contributed by atoms with Gasteiger partial charge in [-0.15, -0.1) is 0 Å². The third-order valence-corrected chi connectivity index (χ3v) is 18.1. The molecule has 0 aliphatic carbocycles. The van der Waals surface area contributed by atoms with Gasteiger partial charge in [0.25, 0.3) is 0 Å². The minimum atomic E-state index is -2.19. The maximum absolute atomic E-state index is 11.7. The summed E-state index contributed by atoms with van der Waals surface area (Å²) < 4.78 is 24.3. The predicted molar refractivity (Wildman–Crippen MR) is 153 cm³/mol. The summed E-state index contributed by atoms with van der Waals surface area (Å²) in [6.45, 7) is 31.7. The molecule has 0 amide bonds. The number of hydrogen-bond donors (Lipinski definition) is 0. The molecule has 0 rings (SSSR count). The van der Waals surface area contributed by atoms with Gasteiger partial charge in [0.2, 0.25) is 8.32 Å². The molecule has 0 aromatic carbocycles. The predicted octanol–water partition coefficient (Wildman–Crippen LogP) is 6.79. The van der Waals surface area contributed by atoms with Crippen molar-refractivity contribution >= 4 is 36.6 Å². The summed E-state index contributed by atoms with van der Waals surface area (Å²) in [7, 11) is -5.96. The van der Waals surface area contributed by atoms with Gasteiger partial charge in [0, 0.05) is 16.4 Å². The topological polar surface area (TPSA) is 71.1 Å². The molecular weight excluding hydrogens is 493 g/mol. The molecule has 0 aromatic heterocycles. The van der Waals surface area contributed by atoms with E-state index in [1.807, 2.05) is 0 Å². The maximum Gasteiger partial charge on any atom is 0.333 e. The van der Waals surface area contributed by atoms with Crippen LogP contribution in [0.3, 0.4) is 0 Å². The standard InChI is InChI=1S/C26H52O6Si3/c1-14-26(7,33(8,9)19-15-17-29-24(27)21(2)3)32-35(12,13)23(6)31-34(10,11)20-16-18-30-25(28)22(4)5/h23H,2,4,14-20H2,1,3,5-13H3. The Balaban J connectivity index is 5.03. The van der Waals surface area contributed by atoms with Gasteiger partial charge in [0.15, 0.2) is 8.32 Å². The lowest BCUT2D eigenvalue weighted by Gasteiger charge is -2.49. The van der Waals surface area contributed by atoms with Crippen LogP contribution in [0.25, 0.3) is 0 Å². The number of carbonyl (C=O) groups is 2. The molecule has 2 unspecified atom stereocenters. The molecule has 2 atom stereocenters. The van der Waals surface area contributed by atoms with Crippen LogP contribution in [0.5, 0.6) is 0 Å². The zero-order valence-electron chi connectivity index (χ0n) is 24.4. The molecule has 204 valence electrons. The number of ether oxygens (including phenoxy) is 2. The Bertz CT molecular complexity index is 747. The normalized spacial score (nSPS) is 15.2. The third kappa shape index (κ3) is 11.7. The molecular formula is C26H52O6Si3. The van der Waals surface area contributed by atoms with E-state index in [1.54, 1.807) is 13.8 Å². The third-order valence-electron chi connectivity index (χ3n) is 7.10. The van der Waals surface area contributed by atoms with Crippen LogP contribution in [0.2, 0.25) is 51.4 Å². The average molecular weight is 545 g/mol. The lowest BCUT2D eigenvalue weighted by Crippen LogP contribution is -2.62. The second kappa shape index (κ2) is 14.1. The van der Waals surface area contributed by atoms with E-state index in [2.05, 4.69) is 73.2 Å². The fourth-order valence-corrected chi connectivity index (χ4v) is 13.9. The first-order valence-corrected chi connectivity index (χ1v) is 22.1. The van der Waals surface area contributed by atoms with E-state index in [9.17, 15) is 9.59 Å². The first kappa shape index (κ1) is 34.0. The van der Waals surface area contributed by atoms with Gasteiger partial charge >= 0.3 is 11.9 Å². The van der Waals surface area contributed by atoms with Gasteiger partial charge in [-0.2, -0.15) is 0 Å². The summed E-state index contributed by atoms with van der Waals surface area (Å²) in [5.41, 5.74) is 0.910. The van der Waals surface area contributed by atoms with Crippen molar-refractivity contribution in [3.8, 4) is 0 Å². The highest BCUT2D eigenvalue weighted by Gasteiger charge is 2.48. The molecule has 35 heavy (non-hydrogen) atoms. The van der Waals surface area contributed by atoms with E-state index in [0.29, 0.717) is 24.4 Å². The second-order valence-corrected chi connectivity index (χ2v) is 25.5. The number of hydrogen-bond acceptors (Lipinski definition) is 6. The molecule has 0 heterocycles. The number of carbonyl (C=O) groups excluding carboxylic acids is 2. The summed E-state index contributed by atoms with van der Waals surface area (Å²) in [6, 6.07) is 1.93. The van der Waals surface area contributed by atoms with E-state index in [4.69, 9.17) is 18.3 Å². The summed E-state index contributed by atoms with van der Waals surface area (Å²) in [4.78, 5) is 23.3. The van der Waals surface area contributed by atoms with Crippen molar-refractivity contribution in [3.05, 3.63) is 24.3 Å². The zero-order valence-corrected chi connectivity index (χ0v) is 27.4. The van der Waals surface area contributed by atoms with Gasteiger partial charge in [0.05, 0.1) is 27.0 Å². The van der Waals surface area contributed by atoms with E-state index in [0.717, 1.165) is 31.4 Å². The second-order valence-electron chi connectivity index (χ2n) is 11.7. The number of esters is 2. The van der Waals surface area contributed by atoms with Crippen LogP contribution in [0.4, 0.5) is 0 Å². The molecule has 0 aromatic rings. The fraction of sp³-hybridized carbons (Fsp3) is 0.769. The summed E-state index contributed by atoms with van der Waals surface area (Å²) in [6.07, 6.45) is 2.56. The Morgan fingerprint density at radius 2 is 1.29 bits per heavy atom. The maximum atomic E-state index is 11.7. The van der Waals surface area contributed by atoms with Crippen molar-refractivity contribution in [2.45, 2.75) is 116 Å². The molecule has 0 fully saturated rings. The van der Waals surface area contributed by atoms with Crippen LogP contribution in [0.15, 0.2) is 24.3 Å². The van der Waals surface area contributed by atoms with E-state index in [1.165, 1.54) is 0 Å². The molecule has 0 radical (unpaired) electrons. The van der Waals surface area contributed by atoms with Crippen LogP contribution in [-0.2, 0) is 27.9 Å². The van der Waals surface area contributed by atoms with E-state index in [-0.39, 0.29) is 22.9 Å². The van der Waals surface area contributed by atoms with Crippen LogP contribution < -0.4 is 0 Å². The Morgan fingerprint density at radius 1 is 0.857 bits per heavy atom. The smallest absolute Gasteiger partial charge is 0.333 e. The highest BCUT2D eigenvalue weighted by molar-refractivity contribution is 6.82. The lowest BCUT2D eigenvalue weighted by atomic mass is 10.3. The van der Waals surface area contributed by atoms with Crippen LogP contribution >= 0.6 is 0 Å². The first-order chi connectivity index (χ1) is 15.8. The van der Waals surface area contributed by atoms with Gasteiger partial charge in [-0.25, -0.2) is 9.59 Å². The highest BCUT2D eigenvalue weighted by atomic mass is 28.4. The van der Waals surface area contributed by atoms with Crippen molar-refractivity contribution in [2.75, 3.05) is 13.2 Å². The SMILES string of the molecule is C=C(C)C(=O)OCCC[Si](C)(C)OC(C)[Si](C)(C)OC(C)(CC)[Si](C)(C)CCCOC(=O)C(=C)C. The Morgan fingerprint density at radius 3 is 1.69 bits per heavy atom. The quantitative estimate of drug-likeness (QED) is 0.0868. The summed E-state index contributed by atoms with van der Waals surface area (Å²) >= 11 is 0. The molecule has 9 heteroatoms. The highest BCUT2D eigenvalue weighted by Crippen LogP contribution is 2.36. The molecule has 0 aliphatic rings. The zero-order chi connectivity index (χ0) is 27.7. The fourth-order valence-electron chi connectivity index (χ4n) is 3.88. The first-order valence-electron chi connectivity index (χ1n) is 12.8. The molecule has 0 bridgehead atoms. The van der Waals surface area contributed by atoms with Crippen molar-refractivity contribution < 1.29 is 27.9 Å². The van der Waals surface area contributed by atoms with Gasteiger partial charge in [-0.3, -0.25) is 0 Å². The van der Waals surface area contributed by atoms with E-state index >= 15 is 0 Å². The van der Waals surface area contributed by atoms with Gasteiger partial charge < -0.3 is 18.3 Å². The average Bonchev–Trinajstić information content (AvgIpc) is 2.72. The minimum Gasteiger partial charge on any atom is -0.462 e. The van der Waals surface area contributed by atoms with Gasteiger partial charge in [0.1, 0.15) is 0 Å². The molecule has 0 spiro atoms. The van der Waals surface area contributed by atoms with Crippen molar-refractivity contribution in [3.63, 3.8) is 0 Å². The number of rotatable bonds is 17. The van der Waals surface area contributed by atoms with Gasteiger partial charge in [-0.05, 0) is 79.2 Å². The largest absolute Gasteiger partial charge is 0.462 e. The van der Waals surface area contributed by atoms with Crippen LogP contribution in [0, 0.1) is 0 Å². The van der Waals surface area contributed by atoms with E-state index < -0.39 is 24.7 Å². The molecule has 0 saturated carbocycles. The molecule has 0 aliphatic heterocycles. The Labute approximate surface area is 218 Å². The Hall–Kier alpha value is -1.01. The monoisotopic (exact) mass is 544 g/mol. The van der Waals surface area contributed by atoms with Crippen molar-refractivity contribution in [1.82, 2.24) is 0 Å². The molecule has 0 N–H and O–H groups in total. The van der Waals surface area contributed by atoms with Crippen LogP contribution in [-0.4, -0.2) is 60.8 Å². The van der Waals surface area contributed by atoms with Gasteiger partial charge in [-0.1, -0.05) is 39.2 Å².